The van der Waals surface area contributed by atoms with Crippen molar-refractivity contribution >= 4 is 5.69 Å². The molecule has 0 aliphatic carbocycles. The number of hydrogen-bond donors (Lipinski definition) is 0. The van der Waals surface area contributed by atoms with Gasteiger partial charge in [0, 0.05) is 33.2 Å². The van der Waals surface area contributed by atoms with Crippen molar-refractivity contribution in [3.05, 3.63) is 41.1 Å². The molecule has 0 spiro atoms. The van der Waals surface area contributed by atoms with Crippen LogP contribution in [-0.4, -0.2) is 54.1 Å². The first-order valence-corrected chi connectivity index (χ1v) is 9.00. The molecule has 0 bridgehead atoms. The lowest BCUT2D eigenvalue weighted by molar-refractivity contribution is 0.0342. The Morgan fingerprint density at radius 2 is 1.64 bits per heavy atom. The Kier molecular flexibility index (Phi) is 4.63. The van der Waals surface area contributed by atoms with Crippen LogP contribution in [0.15, 0.2) is 24.3 Å². The minimum absolute atomic E-state index is 0.709. The van der Waals surface area contributed by atoms with Crippen molar-refractivity contribution in [2.45, 2.75) is 20.0 Å². The van der Waals surface area contributed by atoms with E-state index in [1.165, 1.54) is 11.1 Å². The number of aryl methyl sites for hydroxylation is 2. The number of hydrogen-bond acceptors (Lipinski definition) is 5. The number of nitrogens with zero attached hydrogens (tertiary/aromatic N) is 4. The summed E-state index contributed by atoms with van der Waals surface area (Å²) >= 11 is 0. The average molecular weight is 342 g/mol. The Bertz CT molecular complexity index is 720. The van der Waals surface area contributed by atoms with E-state index in [4.69, 9.17) is 9.47 Å². The molecule has 0 amide bonds. The van der Waals surface area contributed by atoms with Gasteiger partial charge in [0.15, 0.2) is 0 Å². The molecule has 4 rings (SSSR count). The normalized spacial score (nSPS) is 18.1. The zero-order chi connectivity index (χ0) is 17.2. The summed E-state index contributed by atoms with van der Waals surface area (Å²) in [5, 5.41) is 4.50. The fourth-order valence-electron chi connectivity index (χ4n) is 3.66. The molecular weight excluding hydrogens is 316 g/mol. The van der Waals surface area contributed by atoms with Crippen LogP contribution < -0.4 is 9.64 Å². The number of ether oxygens (including phenoxy) is 2. The summed E-state index contributed by atoms with van der Waals surface area (Å²) in [4.78, 5) is 4.82. The van der Waals surface area contributed by atoms with Crippen molar-refractivity contribution in [1.82, 2.24) is 14.7 Å². The minimum atomic E-state index is 0.709. The highest BCUT2D eigenvalue weighted by Crippen LogP contribution is 2.35. The van der Waals surface area contributed by atoms with E-state index in [-0.39, 0.29) is 0 Å². The van der Waals surface area contributed by atoms with Crippen LogP contribution in [0.2, 0.25) is 0 Å². The number of rotatable bonds is 4. The Hall–Kier alpha value is -2.05. The van der Waals surface area contributed by atoms with Crippen molar-refractivity contribution < 1.29 is 9.47 Å². The molecule has 6 heteroatoms. The average Bonchev–Trinajstić information content (AvgIpc) is 2.93. The van der Waals surface area contributed by atoms with Gasteiger partial charge in [0.25, 0.3) is 0 Å². The number of benzene rings is 1. The van der Waals surface area contributed by atoms with Crippen LogP contribution in [0.3, 0.4) is 0 Å². The largest absolute Gasteiger partial charge is 0.474 e. The fourth-order valence-corrected chi connectivity index (χ4v) is 3.66. The van der Waals surface area contributed by atoms with Crippen LogP contribution in [0, 0.1) is 6.92 Å². The van der Waals surface area contributed by atoms with Crippen molar-refractivity contribution in [3.63, 3.8) is 0 Å². The first-order chi connectivity index (χ1) is 12.2. The highest BCUT2D eigenvalue weighted by Gasteiger charge is 2.25. The van der Waals surface area contributed by atoms with Gasteiger partial charge in [0.2, 0.25) is 5.88 Å². The molecule has 0 atom stereocenters. The van der Waals surface area contributed by atoms with Gasteiger partial charge in [0.1, 0.15) is 12.3 Å². The maximum absolute atomic E-state index is 5.79. The molecule has 2 aliphatic heterocycles. The number of aromatic nitrogens is 2. The van der Waals surface area contributed by atoms with Crippen LogP contribution in [-0.2, 0) is 24.9 Å². The summed E-state index contributed by atoms with van der Waals surface area (Å²) in [7, 11) is 1.94. The molecule has 25 heavy (non-hydrogen) atoms. The molecule has 1 saturated heterocycles. The van der Waals surface area contributed by atoms with Crippen molar-refractivity contribution in [2.75, 3.05) is 44.4 Å². The molecule has 0 N–H and O–H groups in total. The fraction of sp³-hybridized carbons (Fsp3) is 0.526. The number of morpholine rings is 1. The van der Waals surface area contributed by atoms with E-state index in [1.54, 1.807) is 0 Å². The molecule has 1 aromatic heterocycles. The summed E-state index contributed by atoms with van der Waals surface area (Å²) in [5.41, 5.74) is 4.85. The minimum Gasteiger partial charge on any atom is -0.474 e. The second kappa shape index (κ2) is 7.06. The molecule has 1 fully saturated rings. The van der Waals surface area contributed by atoms with E-state index >= 15 is 0 Å². The molecule has 6 nitrogen and oxygen atoms in total. The van der Waals surface area contributed by atoms with Gasteiger partial charge in [0.05, 0.1) is 25.5 Å². The highest BCUT2D eigenvalue weighted by molar-refractivity contribution is 5.60. The quantitative estimate of drug-likeness (QED) is 0.850. The summed E-state index contributed by atoms with van der Waals surface area (Å²) in [6.07, 6.45) is 0. The zero-order valence-electron chi connectivity index (χ0n) is 15.1. The van der Waals surface area contributed by atoms with Gasteiger partial charge in [-0.1, -0.05) is 24.3 Å². The molecule has 2 aromatic rings. The molecule has 3 heterocycles. The van der Waals surface area contributed by atoms with Crippen LogP contribution in [0.1, 0.15) is 16.8 Å². The number of fused-ring (bicyclic) bond motifs is 1. The first-order valence-electron chi connectivity index (χ1n) is 9.00. The van der Waals surface area contributed by atoms with Gasteiger partial charge in [-0.3, -0.25) is 4.90 Å². The van der Waals surface area contributed by atoms with Gasteiger partial charge in [-0.2, -0.15) is 5.10 Å². The van der Waals surface area contributed by atoms with Gasteiger partial charge in [-0.25, -0.2) is 4.68 Å². The Labute approximate surface area is 148 Å². The lowest BCUT2D eigenvalue weighted by Gasteiger charge is -2.29. The third kappa shape index (κ3) is 3.50. The summed E-state index contributed by atoms with van der Waals surface area (Å²) in [6.45, 7) is 9.30. The van der Waals surface area contributed by atoms with Gasteiger partial charge in [-0.05, 0) is 18.1 Å². The van der Waals surface area contributed by atoms with Crippen molar-refractivity contribution in [1.29, 1.82) is 0 Å². The number of anilines is 1. The molecule has 0 saturated carbocycles. The van der Waals surface area contributed by atoms with Crippen LogP contribution in [0.5, 0.6) is 5.88 Å². The standard InChI is InChI=1S/C19H26N4O2/c1-15-18-19(21(2)20-15)25-12-9-23(18)14-17-5-3-16(4-6-17)13-22-7-10-24-11-8-22/h3-6H,7-14H2,1-2H3. The second-order valence-electron chi connectivity index (χ2n) is 6.84. The zero-order valence-corrected chi connectivity index (χ0v) is 15.1. The highest BCUT2D eigenvalue weighted by atomic mass is 16.5. The van der Waals surface area contributed by atoms with E-state index in [0.717, 1.165) is 63.2 Å². The van der Waals surface area contributed by atoms with E-state index < -0.39 is 0 Å². The van der Waals surface area contributed by atoms with E-state index in [1.807, 2.05) is 18.7 Å². The Balaban J connectivity index is 1.43. The van der Waals surface area contributed by atoms with E-state index in [2.05, 4.69) is 39.2 Å². The molecule has 2 aliphatic rings. The van der Waals surface area contributed by atoms with Gasteiger partial charge >= 0.3 is 0 Å². The maximum atomic E-state index is 5.79. The molecule has 0 unspecified atom stereocenters. The molecule has 0 radical (unpaired) electrons. The summed E-state index contributed by atoms with van der Waals surface area (Å²) < 4.78 is 13.0. The second-order valence-corrected chi connectivity index (χ2v) is 6.84. The summed E-state index contributed by atoms with van der Waals surface area (Å²) in [5.74, 6) is 0.882. The maximum Gasteiger partial charge on any atom is 0.236 e. The topological polar surface area (TPSA) is 42.8 Å². The third-order valence-electron chi connectivity index (χ3n) is 4.96. The Morgan fingerprint density at radius 3 is 2.36 bits per heavy atom. The Morgan fingerprint density at radius 1 is 0.960 bits per heavy atom. The predicted molar refractivity (Wildman–Crippen MR) is 97.0 cm³/mol. The first kappa shape index (κ1) is 16.4. The molecular formula is C19H26N4O2. The van der Waals surface area contributed by atoms with E-state index in [9.17, 15) is 0 Å². The lowest BCUT2D eigenvalue weighted by Crippen LogP contribution is -2.35. The van der Waals surface area contributed by atoms with Crippen LogP contribution >= 0.6 is 0 Å². The predicted octanol–water partition coefficient (Wildman–Crippen LogP) is 1.96. The van der Waals surface area contributed by atoms with Crippen LogP contribution in [0.25, 0.3) is 0 Å². The van der Waals surface area contributed by atoms with E-state index in [0.29, 0.717) is 6.61 Å². The smallest absolute Gasteiger partial charge is 0.236 e. The molecule has 1 aromatic carbocycles. The molecule has 134 valence electrons. The van der Waals surface area contributed by atoms with Crippen LogP contribution in [0.4, 0.5) is 5.69 Å². The van der Waals surface area contributed by atoms with Crippen molar-refractivity contribution in [2.24, 2.45) is 7.05 Å². The van der Waals surface area contributed by atoms with Gasteiger partial charge in [-0.15, -0.1) is 0 Å². The monoisotopic (exact) mass is 342 g/mol. The third-order valence-corrected chi connectivity index (χ3v) is 4.96. The van der Waals surface area contributed by atoms with Gasteiger partial charge < -0.3 is 14.4 Å². The summed E-state index contributed by atoms with van der Waals surface area (Å²) in [6, 6.07) is 9.00. The SMILES string of the molecule is Cc1nn(C)c2c1N(Cc1ccc(CN3CCOCC3)cc1)CCO2. The van der Waals surface area contributed by atoms with Crippen molar-refractivity contribution in [3.8, 4) is 5.88 Å². The lowest BCUT2D eigenvalue weighted by atomic mass is 10.1.